The molecule has 0 fully saturated rings. The normalized spacial score (nSPS) is 13.7. The smallest absolute Gasteiger partial charge is 0.328 e. The molecule has 0 amide bonds. The van der Waals surface area contributed by atoms with Gasteiger partial charge in [0.25, 0.3) is 0 Å². The van der Waals surface area contributed by atoms with Crippen molar-refractivity contribution < 1.29 is 9.90 Å². The summed E-state index contributed by atoms with van der Waals surface area (Å²) >= 11 is 0. The van der Waals surface area contributed by atoms with Crippen LogP contribution in [-0.4, -0.2) is 11.1 Å². The van der Waals surface area contributed by atoms with Crippen molar-refractivity contribution in [3.8, 4) is 0 Å². The minimum Gasteiger partial charge on any atom is -0.478 e. The number of hydrogen-bond acceptors (Lipinski definition) is 2. The maximum absolute atomic E-state index is 10.5. The maximum Gasteiger partial charge on any atom is 0.328 e. The molecule has 1 aliphatic rings. The predicted octanol–water partition coefficient (Wildman–Crippen LogP) is 3.30. The molecule has 0 radical (unpaired) electrons. The second kappa shape index (κ2) is 5.21. The SMILES string of the molecule is O=C(O)/C=C/c1ccc(N2Cc3ccccc3C2)cc1. The van der Waals surface area contributed by atoms with Crippen molar-refractivity contribution in [2.45, 2.75) is 13.1 Å². The maximum atomic E-state index is 10.5. The summed E-state index contributed by atoms with van der Waals surface area (Å²) in [5, 5.41) is 8.61. The van der Waals surface area contributed by atoms with Crippen molar-refractivity contribution in [2.75, 3.05) is 4.90 Å². The minimum absolute atomic E-state index is 0.896. The molecular weight excluding hydrogens is 250 g/mol. The lowest BCUT2D eigenvalue weighted by Crippen LogP contribution is -2.14. The van der Waals surface area contributed by atoms with Crippen molar-refractivity contribution >= 4 is 17.7 Å². The fourth-order valence-corrected chi connectivity index (χ4v) is 2.48. The van der Waals surface area contributed by atoms with Crippen LogP contribution in [0.1, 0.15) is 16.7 Å². The third kappa shape index (κ3) is 2.57. The van der Waals surface area contributed by atoms with Crippen molar-refractivity contribution in [2.24, 2.45) is 0 Å². The topological polar surface area (TPSA) is 40.5 Å². The Morgan fingerprint density at radius 2 is 1.60 bits per heavy atom. The van der Waals surface area contributed by atoms with E-state index in [9.17, 15) is 4.79 Å². The van der Waals surface area contributed by atoms with E-state index in [2.05, 4.69) is 29.2 Å². The van der Waals surface area contributed by atoms with Crippen LogP contribution >= 0.6 is 0 Å². The van der Waals surface area contributed by atoms with E-state index in [-0.39, 0.29) is 0 Å². The van der Waals surface area contributed by atoms with Crippen LogP contribution in [0, 0.1) is 0 Å². The van der Waals surface area contributed by atoms with E-state index in [1.165, 1.54) is 11.1 Å². The molecule has 1 aliphatic heterocycles. The molecule has 2 aromatic carbocycles. The third-order valence-electron chi connectivity index (χ3n) is 3.52. The number of aliphatic carboxylic acids is 1. The number of rotatable bonds is 3. The van der Waals surface area contributed by atoms with Crippen LogP contribution in [0.4, 0.5) is 5.69 Å². The predicted molar refractivity (Wildman–Crippen MR) is 79.4 cm³/mol. The van der Waals surface area contributed by atoms with Crippen LogP contribution in [0.15, 0.2) is 54.6 Å². The van der Waals surface area contributed by atoms with Crippen LogP contribution in [0.2, 0.25) is 0 Å². The summed E-state index contributed by atoms with van der Waals surface area (Å²) < 4.78 is 0. The van der Waals surface area contributed by atoms with Gasteiger partial charge in [0.2, 0.25) is 0 Å². The molecule has 0 saturated carbocycles. The molecule has 0 unspecified atom stereocenters. The summed E-state index contributed by atoms with van der Waals surface area (Å²) in [5.74, 6) is -0.927. The lowest BCUT2D eigenvalue weighted by molar-refractivity contribution is -0.131. The number of anilines is 1. The zero-order valence-corrected chi connectivity index (χ0v) is 11.0. The average molecular weight is 265 g/mol. The van der Waals surface area contributed by atoms with Gasteiger partial charge >= 0.3 is 5.97 Å². The zero-order chi connectivity index (χ0) is 13.9. The van der Waals surface area contributed by atoms with Crippen LogP contribution < -0.4 is 4.90 Å². The number of carboxylic acid groups (broad SMARTS) is 1. The molecular formula is C17H15NO2. The van der Waals surface area contributed by atoms with Crippen molar-refractivity contribution in [3.05, 3.63) is 71.3 Å². The Bertz CT molecular complexity index is 634. The molecule has 0 aliphatic carbocycles. The van der Waals surface area contributed by atoms with E-state index >= 15 is 0 Å². The van der Waals surface area contributed by atoms with E-state index in [4.69, 9.17) is 5.11 Å². The van der Waals surface area contributed by atoms with Crippen LogP contribution in [0.5, 0.6) is 0 Å². The van der Waals surface area contributed by atoms with E-state index < -0.39 is 5.97 Å². The monoisotopic (exact) mass is 265 g/mol. The molecule has 0 aromatic heterocycles. The van der Waals surface area contributed by atoms with E-state index in [0.717, 1.165) is 30.4 Å². The van der Waals surface area contributed by atoms with Gasteiger partial charge in [-0.3, -0.25) is 0 Å². The van der Waals surface area contributed by atoms with Crippen molar-refractivity contribution in [3.63, 3.8) is 0 Å². The van der Waals surface area contributed by atoms with Gasteiger partial charge in [-0.15, -0.1) is 0 Å². The lowest BCUT2D eigenvalue weighted by Gasteiger charge is -2.17. The first-order valence-electron chi connectivity index (χ1n) is 6.55. The Kier molecular flexibility index (Phi) is 3.25. The van der Waals surface area contributed by atoms with Crippen molar-refractivity contribution in [1.29, 1.82) is 0 Å². The van der Waals surface area contributed by atoms with E-state index in [1.54, 1.807) is 6.08 Å². The Labute approximate surface area is 117 Å². The molecule has 1 heterocycles. The van der Waals surface area contributed by atoms with Crippen molar-refractivity contribution in [1.82, 2.24) is 0 Å². The largest absolute Gasteiger partial charge is 0.478 e. The first kappa shape index (κ1) is 12.5. The second-order valence-electron chi connectivity index (χ2n) is 4.89. The molecule has 2 aromatic rings. The highest BCUT2D eigenvalue weighted by molar-refractivity contribution is 5.85. The minimum atomic E-state index is -0.927. The van der Waals surface area contributed by atoms with Gasteiger partial charge in [-0.2, -0.15) is 0 Å². The third-order valence-corrected chi connectivity index (χ3v) is 3.52. The van der Waals surface area contributed by atoms with Crippen LogP contribution in [0.3, 0.4) is 0 Å². The molecule has 100 valence electrons. The Morgan fingerprint density at radius 3 is 2.15 bits per heavy atom. The lowest BCUT2D eigenvalue weighted by atomic mass is 10.1. The van der Waals surface area contributed by atoms with Gasteiger partial charge in [0.05, 0.1) is 0 Å². The summed E-state index contributed by atoms with van der Waals surface area (Å²) in [4.78, 5) is 12.8. The first-order chi connectivity index (χ1) is 9.72. The standard InChI is InChI=1S/C17H15NO2/c19-17(20)10-7-13-5-8-16(9-6-13)18-11-14-3-1-2-4-15(14)12-18/h1-10H,11-12H2,(H,19,20)/b10-7+. The van der Waals surface area contributed by atoms with Gasteiger partial charge in [-0.05, 0) is 34.9 Å². The number of fused-ring (bicyclic) bond motifs is 1. The number of benzene rings is 2. The summed E-state index contributed by atoms with van der Waals surface area (Å²) in [7, 11) is 0. The highest BCUT2D eigenvalue weighted by Gasteiger charge is 2.18. The molecule has 0 bridgehead atoms. The number of carbonyl (C=O) groups is 1. The Morgan fingerprint density at radius 1 is 1.00 bits per heavy atom. The number of nitrogens with zero attached hydrogens (tertiary/aromatic N) is 1. The molecule has 1 N–H and O–H groups in total. The molecule has 3 rings (SSSR count). The fraction of sp³-hybridized carbons (Fsp3) is 0.118. The van der Waals surface area contributed by atoms with Gasteiger partial charge < -0.3 is 10.0 Å². The summed E-state index contributed by atoms with van der Waals surface area (Å²) in [6.07, 6.45) is 2.76. The van der Waals surface area contributed by atoms with Gasteiger partial charge in [-0.25, -0.2) is 4.79 Å². The fourth-order valence-electron chi connectivity index (χ4n) is 2.48. The first-order valence-corrected chi connectivity index (χ1v) is 6.55. The van der Waals surface area contributed by atoms with Gasteiger partial charge in [-0.1, -0.05) is 36.4 Å². The van der Waals surface area contributed by atoms with E-state index in [0.29, 0.717) is 0 Å². The Balaban J connectivity index is 1.75. The number of hydrogen-bond donors (Lipinski definition) is 1. The van der Waals surface area contributed by atoms with Gasteiger partial charge in [0, 0.05) is 24.9 Å². The van der Waals surface area contributed by atoms with Gasteiger partial charge in [0.15, 0.2) is 0 Å². The van der Waals surface area contributed by atoms with Gasteiger partial charge in [0.1, 0.15) is 0 Å². The molecule has 0 spiro atoms. The van der Waals surface area contributed by atoms with Crippen LogP contribution in [-0.2, 0) is 17.9 Å². The quantitative estimate of drug-likeness (QED) is 0.866. The molecule has 3 nitrogen and oxygen atoms in total. The molecule has 3 heteroatoms. The highest BCUT2D eigenvalue weighted by Crippen LogP contribution is 2.28. The Hall–Kier alpha value is -2.55. The zero-order valence-electron chi connectivity index (χ0n) is 11.0. The van der Waals surface area contributed by atoms with Crippen LogP contribution in [0.25, 0.3) is 6.08 Å². The molecule has 0 atom stereocenters. The van der Waals surface area contributed by atoms with E-state index in [1.807, 2.05) is 24.3 Å². The highest BCUT2D eigenvalue weighted by atomic mass is 16.4. The molecule has 20 heavy (non-hydrogen) atoms. The summed E-state index contributed by atoms with van der Waals surface area (Å²) in [5.41, 5.74) is 4.81. The summed E-state index contributed by atoms with van der Waals surface area (Å²) in [6.45, 7) is 1.86. The second-order valence-corrected chi connectivity index (χ2v) is 4.89. The number of carboxylic acids is 1. The summed E-state index contributed by atoms with van der Waals surface area (Å²) in [6, 6.07) is 16.4. The molecule has 0 saturated heterocycles. The average Bonchev–Trinajstić information content (AvgIpc) is 2.89.